The third kappa shape index (κ3) is 4.33. The summed E-state index contributed by atoms with van der Waals surface area (Å²) in [5, 5.41) is 12.3. The van der Waals surface area contributed by atoms with Crippen molar-refractivity contribution in [2.24, 2.45) is 0 Å². The van der Waals surface area contributed by atoms with E-state index in [0.717, 1.165) is 18.5 Å². The molecule has 92 valence electrons. The summed E-state index contributed by atoms with van der Waals surface area (Å²) in [6.45, 7) is 5.99. The molecule has 0 aromatic rings. The Morgan fingerprint density at radius 2 is 2.31 bits per heavy atom. The minimum Gasteiger partial charge on any atom is -0.395 e. The lowest BCUT2D eigenvalue weighted by molar-refractivity contribution is -0.126. The van der Waals surface area contributed by atoms with Gasteiger partial charge in [0, 0.05) is 25.2 Å². The summed E-state index contributed by atoms with van der Waals surface area (Å²) in [4.78, 5) is 13.6. The molecule has 0 bridgehead atoms. The van der Waals surface area contributed by atoms with Gasteiger partial charge in [0.05, 0.1) is 6.61 Å². The number of nitrogens with one attached hydrogen (secondary N) is 1. The molecular formula is C12H22N2O2. The number of aliphatic hydroxyl groups excluding tert-OH is 1. The van der Waals surface area contributed by atoms with E-state index in [1.165, 1.54) is 6.42 Å². The van der Waals surface area contributed by atoms with Crippen LogP contribution >= 0.6 is 0 Å². The first-order valence-electron chi connectivity index (χ1n) is 5.91. The summed E-state index contributed by atoms with van der Waals surface area (Å²) in [6, 6.07) is 0.390. The van der Waals surface area contributed by atoms with Crippen LogP contribution in [0.5, 0.6) is 0 Å². The minimum absolute atomic E-state index is 0.00255. The number of carbonyl (C=O) groups excluding carboxylic acids is 1. The maximum atomic E-state index is 11.8. The van der Waals surface area contributed by atoms with Gasteiger partial charge in [-0.25, -0.2) is 0 Å². The Hall–Kier alpha value is -0.870. The lowest BCUT2D eigenvalue weighted by atomic mass is 10.2. The molecule has 0 saturated carbocycles. The molecule has 1 atom stereocenters. The molecule has 1 aliphatic rings. The van der Waals surface area contributed by atoms with Crippen molar-refractivity contribution >= 4 is 5.91 Å². The number of hydrogen-bond acceptors (Lipinski definition) is 3. The molecule has 0 radical (unpaired) electrons. The van der Waals surface area contributed by atoms with Gasteiger partial charge in [0.1, 0.15) is 0 Å². The van der Waals surface area contributed by atoms with Gasteiger partial charge in [-0.05, 0) is 33.2 Å². The fourth-order valence-electron chi connectivity index (χ4n) is 1.93. The molecule has 1 amide bonds. The van der Waals surface area contributed by atoms with E-state index in [-0.39, 0.29) is 12.5 Å². The van der Waals surface area contributed by atoms with Crippen LogP contribution in [0, 0.1) is 0 Å². The highest BCUT2D eigenvalue weighted by Crippen LogP contribution is 2.07. The Bertz CT molecular complexity index is 254. The summed E-state index contributed by atoms with van der Waals surface area (Å²) in [5.41, 5.74) is 0.993. The largest absolute Gasteiger partial charge is 0.395 e. The molecule has 0 aliphatic carbocycles. The molecule has 0 aromatic carbocycles. The number of hydrogen-bond donors (Lipinski definition) is 2. The number of aliphatic hydroxyl groups is 1. The standard InChI is InChI=1S/C12H22N2O2/c1-10(2)8-12(16)14(6-7-15)9-11-4-3-5-13-11/h8,11,13,15H,3-7,9H2,1-2H3. The van der Waals surface area contributed by atoms with Gasteiger partial charge in [-0.3, -0.25) is 4.79 Å². The molecule has 0 spiro atoms. The van der Waals surface area contributed by atoms with Crippen molar-refractivity contribution in [1.29, 1.82) is 0 Å². The van der Waals surface area contributed by atoms with Crippen LogP contribution in [0.3, 0.4) is 0 Å². The lowest BCUT2D eigenvalue weighted by Gasteiger charge is -2.24. The van der Waals surface area contributed by atoms with Gasteiger partial charge in [0.2, 0.25) is 5.91 Å². The van der Waals surface area contributed by atoms with Gasteiger partial charge in [0.15, 0.2) is 0 Å². The van der Waals surface area contributed by atoms with E-state index < -0.39 is 0 Å². The second-order valence-electron chi connectivity index (χ2n) is 4.52. The molecule has 0 aromatic heterocycles. The molecule has 16 heavy (non-hydrogen) atoms. The van der Waals surface area contributed by atoms with Crippen LogP contribution < -0.4 is 5.32 Å². The fourth-order valence-corrected chi connectivity index (χ4v) is 1.93. The van der Waals surface area contributed by atoms with E-state index in [4.69, 9.17) is 5.11 Å². The van der Waals surface area contributed by atoms with Crippen molar-refractivity contribution in [2.45, 2.75) is 32.7 Å². The predicted molar refractivity (Wildman–Crippen MR) is 64.1 cm³/mol. The quantitative estimate of drug-likeness (QED) is 0.672. The zero-order valence-electron chi connectivity index (χ0n) is 10.2. The van der Waals surface area contributed by atoms with E-state index >= 15 is 0 Å². The van der Waals surface area contributed by atoms with E-state index in [2.05, 4.69) is 5.32 Å². The van der Waals surface area contributed by atoms with Gasteiger partial charge >= 0.3 is 0 Å². The summed E-state index contributed by atoms with van der Waals surface area (Å²) < 4.78 is 0. The Labute approximate surface area is 97.3 Å². The average molecular weight is 226 g/mol. The van der Waals surface area contributed by atoms with Crippen LogP contribution in [0.1, 0.15) is 26.7 Å². The Morgan fingerprint density at radius 3 is 2.81 bits per heavy atom. The molecule has 2 N–H and O–H groups in total. The number of allylic oxidation sites excluding steroid dienone is 1. The van der Waals surface area contributed by atoms with Gasteiger partial charge in [0.25, 0.3) is 0 Å². The molecule has 4 heteroatoms. The van der Waals surface area contributed by atoms with Crippen LogP contribution in [0.15, 0.2) is 11.6 Å². The Kier molecular flexibility index (Phi) is 5.49. The van der Waals surface area contributed by atoms with Crippen molar-refractivity contribution in [3.8, 4) is 0 Å². The molecule has 1 saturated heterocycles. The smallest absolute Gasteiger partial charge is 0.246 e. The SMILES string of the molecule is CC(C)=CC(=O)N(CCO)CC1CCCN1. The minimum atomic E-state index is 0.00255. The predicted octanol–water partition coefficient (Wildman–Crippen LogP) is 0.525. The second-order valence-corrected chi connectivity index (χ2v) is 4.52. The van der Waals surface area contributed by atoms with Crippen molar-refractivity contribution < 1.29 is 9.90 Å². The monoisotopic (exact) mass is 226 g/mol. The van der Waals surface area contributed by atoms with Gasteiger partial charge < -0.3 is 15.3 Å². The number of nitrogens with zero attached hydrogens (tertiary/aromatic N) is 1. The summed E-state index contributed by atoms with van der Waals surface area (Å²) in [5.74, 6) is 0.00255. The molecular weight excluding hydrogens is 204 g/mol. The fraction of sp³-hybridized carbons (Fsp3) is 0.750. The van der Waals surface area contributed by atoms with E-state index in [1.807, 2.05) is 13.8 Å². The highest BCUT2D eigenvalue weighted by Gasteiger charge is 2.19. The molecule has 1 unspecified atom stereocenters. The van der Waals surface area contributed by atoms with Crippen LogP contribution in [0.4, 0.5) is 0 Å². The van der Waals surface area contributed by atoms with Gasteiger partial charge in [-0.15, -0.1) is 0 Å². The topological polar surface area (TPSA) is 52.6 Å². The van der Waals surface area contributed by atoms with Crippen molar-refractivity contribution in [1.82, 2.24) is 10.2 Å². The van der Waals surface area contributed by atoms with Crippen LogP contribution in [0.2, 0.25) is 0 Å². The van der Waals surface area contributed by atoms with Gasteiger partial charge in [-0.2, -0.15) is 0 Å². The average Bonchev–Trinajstić information content (AvgIpc) is 2.68. The van der Waals surface area contributed by atoms with E-state index in [0.29, 0.717) is 19.1 Å². The second kappa shape index (κ2) is 6.66. The number of rotatable bonds is 5. The zero-order chi connectivity index (χ0) is 12.0. The van der Waals surface area contributed by atoms with Crippen LogP contribution in [0.25, 0.3) is 0 Å². The molecule has 1 heterocycles. The maximum absolute atomic E-state index is 11.8. The highest BCUT2D eigenvalue weighted by molar-refractivity contribution is 5.88. The summed E-state index contributed by atoms with van der Waals surface area (Å²) >= 11 is 0. The molecule has 1 fully saturated rings. The first-order valence-corrected chi connectivity index (χ1v) is 5.91. The maximum Gasteiger partial charge on any atom is 0.246 e. The molecule has 4 nitrogen and oxygen atoms in total. The van der Waals surface area contributed by atoms with Crippen molar-refractivity contribution in [3.63, 3.8) is 0 Å². The third-order valence-electron chi connectivity index (χ3n) is 2.70. The summed E-state index contributed by atoms with van der Waals surface area (Å²) in [7, 11) is 0. The van der Waals surface area contributed by atoms with Crippen molar-refractivity contribution in [3.05, 3.63) is 11.6 Å². The highest BCUT2D eigenvalue weighted by atomic mass is 16.3. The molecule has 1 rings (SSSR count). The normalized spacial score (nSPS) is 19.6. The van der Waals surface area contributed by atoms with E-state index in [1.54, 1.807) is 11.0 Å². The Morgan fingerprint density at radius 1 is 1.56 bits per heavy atom. The summed E-state index contributed by atoms with van der Waals surface area (Å²) in [6.07, 6.45) is 3.92. The molecule has 1 aliphatic heterocycles. The lowest BCUT2D eigenvalue weighted by Crippen LogP contribution is -2.41. The Balaban J connectivity index is 2.51. The number of carbonyl (C=O) groups is 1. The van der Waals surface area contributed by atoms with Crippen LogP contribution in [-0.4, -0.2) is 48.2 Å². The van der Waals surface area contributed by atoms with E-state index in [9.17, 15) is 4.79 Å². The van der Waals surface area contributed by atoms with Crippen LogP contribution in [-0.2, 0) is 4.79 Å². The van der Waals surface area contributed by atoms with Gasteiger partial charge in [-0.1, -0.05) is 5.57 Å². The first kappa shape index (κ1) is 13.2. The van der Waals surface area contributed by atoms with Crippen molar-refractivity contribution in [2.75, 3.05) is 26.2 Å². The third-order valence-corrected chi connectivity index (χ3v) is 2.70. The number of amides is 1. The zero-order valence-corrected chi connectivity index (χ0v) is 10.2. The first-order chi connectivity index (χ1) is 7.63.